The van der Waals surface area contributed by atoms with Crippen LogP contribution in [-0.2, 0) is 6.54 Å². The molecule has 112 valence electrons. The van der Waals surface area contributed by atoms with Gasteiger partial charge in [-0.2, -0.15) is 0 Å². The van der Waals surface area contributed by atoms with Crippen LogP contribution in [-0.4, -0.2) is 9.55 Å². The van der Waals surface area contributed by atoms with Gasteiger partial charge in [0.2, 0.25) is 0 Å². The molecule has 1 aromatic carbocycles. The largest absolute Gasteiger partial charge is 0.355 e. The number of nitrogens with zero attached hydrogens (tertiary/aromatic N) is 2. The van der Waals surface area contributed by atoms with Crippen molar-refractivity contribution in [3.63, 3.8) is 0 Å². The molecule has 2 aromatic heterocycles. The standard InChI is InChI=1S/C19H21N3/c1-13-11-20-14(2)9-18(13)21-17-6-5-16-7-8-22(19(16)10-17)12-15-3-4-15/h5-11,15H,3-4,12H2,1-2H3,(H,20,21). The van der Waals surface area contributed by atoms with E-state index >= 15 is 0 Å². The van der Waals surface area contributed by atoms with Gasteiger partial charge in [-0.3, -0.25) is 4.98 Å². The van der Waals surface area contributed by atoms with Crippen LogP contribution in [0.4, 0.5) is 11.4 Å². The summed E-state index contributed by atoms with van der Waals surface area (Å²) in [6.07, 6.45) is 6.90. The van der Waals surface area contributed by atoms with Crippen molar-refractivity contribution < 1.29 is 0 Å². The molecule has 0 bridgehead atoms. The van der Waals surface area contributed by atoms with Crippen molar-refractivity contribution in [1.82, 2.24) is 9.55 Å². The van der Waals surface area contributed by atoms with E-state index in [1.807, 2.05) is 13.1 Å². The normalized spacial score (nSPS) is 14.5. The Bertz CT molecular complexity index is 828. The smallest absolute Gasteiger partial charge is 0.0501 e. The van der Waals surface area contributed by atoms with Gasteiger partial charge in [0.25, 0.3) is 0 Å². The maximum absolute atomic E-state index is 4.33. The number of pyridine rings is 1. The number of aryl methyl sites for hydroxylation is 2. The summed E-state index contributed by atoms with van der Waals surface area (Å²) in [5.41, 5.74) is 5.79. The molecule has 1 N–H and O–H groups in total. The highest BCUT2D eigenvalue weighted by molar-refractivity contribution is 5.84. The lowest BCUT2D eigenvalue weighted by Crippen LogP contribution is -1.99. The zero-order valence-corrected chi connectivity index (χ0v) is 13.1. The van der Waals surface area contributed by atoms with Gasteiger partial charge in [-0.15, -0.1) is 0 Å². The molecule has 3 aromatic rings. The van der Waals surface area contributed by atoms with Crippen LogP contribution in [0.15, 0.2) is 42.7 Å². The van der Waals surface area contributed by atoms with E-state index in [9.17, 15) is 0 Å². The second kappa shape index (κ2) is 5.16. The van der Waals surface area contributed by atoms with Crippen LogP contribution in [0.5, 0.6) is 0 Å². The SMILES string of the molecule is Cc1cc(Nc2ccc3ccn(CC4CC4)c3c2)c(C)cn1. The van der Waals surface area contributed by atoms with Gasteiger partial charge in [-0.1, -0.05) is 6.07 Å². The molecule has 22 heavy (non-hydrogen) atoms. The van der Waals surface area contributed by atoms with Crippen LogP contribution in [0.2, 0.25) is 0 Å². The number of fused-ring (bicyclic) bond motifs is 1. The second-order valence-corrected chi connectivity index (χ2v) is 6.45. The Hall–Kier alpha value is -2.29. The van der Waals surface area contributed by atoms with Crippen molar-refractivity contribution in [2.75, 3.05) is 5.32 Å². The number of anilines is 2. The molecule has 0 atom stereocenters. The summed E-state index contributed by atoms with van der Waals surface area (Å²) in [4.78, 5) is 4.33. The molecule has 3 heteroatoms. The Kier molecular flexibility index (Phi) is 3.14. The van der Waals surface area contributed by atoms with Crippen LogP contribution in [0.3, 0.4) is 0 Å². The van der Waals surface area contributed by atoms with Crippen LogP contribution in [0.1, 0.15) is 24.1 Å². The maximum atomic E-state index is 4.33. The molecule has 0 spiro atoms. The molecule has 1 saturated carbocycles. The van der Waals surface area contributed by atoms with E-state index in [-0.39, 0.29) is 0 Å². The van der Waals surface area contributed by atoms with Crippen LogP contribution >= 0.6 is 0 Å². The molecule has 1 fully saturated rings. The quantitative estimate of drug-likeness (QED) is 0.747. The van der Waals surface area contributed by atoms with Gasteiger partial charge in [-0.05, 0) is 67.8 Å². The molecule has 1 aliphatic rings. The Labute approximate surface area is 131 Å². The zero-order chi connectivity index (χ0) is 15.1. The minimum atomic E-state index is 0.886. The third-order valence-corrected chi connectivity index (χ3v) is 4.44. The fourth-order valence-corrected chi connectivity index (χ4v) is 2.92. The van der Waals surface area contributed by atoms with Crippen LogP contribution < -0.4 is 5.32 Å². The van der Waals surface area contributed by atoms with Crippen molar-refractivity contribution in [2.45, 2.75) is 33.2 Å². The van der Waals surface area contributed by atoms with E-state index in [0.717, 1.165) is 29.5 Å². The third kappa shape index (κ3) is 2.59. The maximum Gasteiger partial charge on any atom is 0.0501 e. The number of nitrogens with one attached hydrogen (secondary N) is 1. The topological polar surface area (TPSA) is 29.9 Å². The first-order chi connectivity index (χ1) is 10.7. The molecule has 0 aliphatic heterocycles. The molecule has 0 unspecified atom stereocenters. The predicted octanol–water partition coefficient (Wildman–Crippen LogP) is 4.81. The Morgan fingerprint density at radius 3 is 2.86 bits per heavy atom. The number of benzene rings is 1. The van der Waals surface area contributed by atoms with Gasteiger partial charge >= 0.3 is 0 Å². The van der Waals surface area contributed by atoms with Gasteiger partial charge in [0.05, 0.1) is 5.52 Å². The fourth-order valence-electron chi connectivity index (χ4n) is 2.92. The molecular weight excluding hydrogens is 270 g/mol. The van der Waals surface area contributed by atoms with Gasteiger partial charge in [0, 0.05) is 36.0 Å². The highest BCUT2D eigenvalue weighted by Crippen LogP contribution is 2.33. The highest BCUT2D eigenvalue weighted by atomic mass is 15.0. The Morgan fingerprint density at radius 2 is 2.05 bits per heavy atom. The minimum Gasteiger partial charge on any atom is -0.355 e. The van der Waals surface area contributed by atoms with E-state index in [0.29, 0.717) is 0 Å². The van der Waals surface area contributed by atoms with Crippen molar-refractivity contribution in [3.05, 3.63) is 54.0 Å². The van der Waals surface area contributed by atoms with E-state index in [2.05, 4.69) is 58.3 Å². The third-order valence-electron chi connectivity index (χ3n) is 4.44. The summed E-state index contributed by atoms with van der Waals surface area (Å²) in [7, 11) is 0. The molecule has 0 radical (unpaired) electrons. The summed E-state index contributed by atoms with van der Waals surface area (Å²) < 4.78 is 2.39. The fraction of sp³-hybridized carbons (Fsp3) is 0.316. The van der Waals surface area contributed by atoms with Crippen molar-refractivity contribution in [3.8, 4) is 0 Å². The molecule has 2 heterocycles. The lowest BCUT2D eigenvalue weighted by Gasteiger charge is -2.11. The first-order valence-electron chi connectivity index (χ1n) is 7.98. The van der Waals surface area contributed by atoms with Gasteiger partial charge < -0.3 is 9.88 Å². The monoisotopic (exact) mass is 291 g/mol. The molecular formula is C19H21N3. The summed E-state index contributed by atoms with van der Waals surface area (Å²) in [6, 6.07) is 10.9. The Morgan fingerprint density at radius 1 is 1.18 bits per heavy atom. The first-order valence-corrected chi connectivity index (χ1v) is 7.98. The van der Waals surface area contributed by atoms with Crippen molar-refractivity contribution in [2.24, 2.45) is 5.92 Å². The molecule has 3 nitrogen and oxygen atoms in total. The zero-order valence-electron chi connectivity index (χ0n) is 13.1. The second-order valence-electron chi connectivity index (χ2n) is 6.45. The van der Waals surface area contributed by atoms with Crippen molar-refractivity contribution in [1.29, 1.82) is 0 Å². The first kappa shape index (κ1) is 13.4. The van der Waals surface area contributed by atoms with E-state index in [1.165, 1.54) is 29.3 Å². The number of rotatable bonds is 4. The average molecular weight is 291 g/mol. The van der Waals surface area contributed by atoms with E-state index < -0.39 is 0 Å². The molecule has 1 aliphatic carbocycles. The van der Waals surface area contributed by atoms with Gasteiger partial charge in [0.15, 0.2) is 0 Å². The van der Waals surface area contributed by atoms with Crippen LogP contribution in [0.25, 0.3) is 10.9 Å². The molecule has 0 saturated heterocycles. The summed E-state index contributed by atoms with van der Waals surface area (Å²) >= 11 is 0. The predicted molar refractivity (Wildman–Crippen MR) is 91.7 cm³/mol. The number of hydrogen-bond donors (Lipinski definition) is 1. The van der Waals surface area contributed by atoms with Gasteiger partial charge in [-0.25, -0.2) is 0 Å². The minimum absolute atomic E-state index is 0.886. The van der Waals surface area contributed by atoms with E-state index in [1.54, 1.807) is 0 Å². The summed E-state index contributed by atoms with van der Waals surface area (Å²) in [5.74, 6) is 0.886. The average Bonchev–Trinajstić information content (AvgIpc) is 3.24. The number of hydrogen-bond acceptors (Lipinski definition) is 2. The van der Waals surface area contributed by atoms with E-state index in [4.69, 9.17) is 0 Å². The van der Waals surface area contributed by atoms with Crippen LogP contribution in [0, 0.1) is 19.8 Å². The molecule has 4 rings (SSSR count). The summed E-state index contributed by atoms with van der Waals surface area (Å²) in [5, 5.41) is 4.85. The lowest BCUT2D eigenvalue weighted by atomic mass is 10.2. The van der Waals surface area contributed by atoms with Gasteiger partial charge in [0.1, 0.15) is 0 Å². The molecule has 0 amide bonds. The lowest BCUT2D eigenvalue weighted by molar-refractivity contribution is 0.647. The summed E-state index contributed by atoms with van der Waals surface area (Å²) in [6.45, 7) is 5.26. The highest BCUT2D eigenvalue weighted by Gasteiger charge is 2.22. The van der Waals surface area contributed by atoms with Crippen molar-refractivity contribution >= 4 is 22.3 Å². The Balaban J connectivity index is 1.67. The number of aromatic nitrogens is 2.